The first-order valence-electron chi connectivity index (χ1n) is 33.4. The number of aromatic nitrogens is 9. The van der Waals surface area contributed by atoms with Crippen LogP contribution >= 0.6 is 103 Å². The average molecular weight is 1790 g/mol. The Balaban J connectivity index is 0.000000214. The lowest BCUT2D eigenvalue weighted by molar-refractivity contribution is 0.0865. The summed E-state index contributed by atoms with van der Waals surface area (Å²) in [5.41, 5.74) is 8.10. The molecule has 0 spiro atoms. The first-order valence-corrected chi connectivity index (χ1v) is 38.2. The second-order valence-electron chi connectivity index (χ2n) is 26.6. The second-order valence-corrected chi connectivity index (χ2v) is 30.6. The Kier molecular flexibility index (Phi) is 33.4. The van der Waals surface area contributed by atoms with E-state index in [1.54, 1.807) is 0 Å². The van der Waals surface area contributed by atoms with Crippen molar-refractivity contribution in [3.05, 3.63) is 207 Å². The van der Waals surface area contributed by atoms with E-state index in [0.29, 0.717) is 101 Å². The Hall–Kier alpha value is -5.64. The van der Waals surface area contributed by atoms with Gasteiger partial charge in [0, 0.05) is 51.6 Å². The smallest absolute Gasteiger partial charge is 0.149 e. The maximum absolute atomic E-state index is 10.3. The summed E-state index contributed by atoms with van der Waals surface area (Å²) in [7, 11) is 0. The SMILES string of the molecule is CC(CCl)COc1ccc(C(C)(C)c2ccc(OCC(O)Cn3nnc([123I])c3CO)cc2)cc1.C[C@@H](CCl)COc1ccc(C(C)(C)c2ccc(OC[C@@H](O)Cn3nnc([123I])c3CO)cc2)cc1.C[C@H](CCl)COc1ccc(C(C)(C)c2ccc(OC[C@H](O)Cn3nnc([123I])c3CO)cc2)cc1. The first-order chi connectivity index (χ1) is 48.7. The van der Waals surface area contributed by atoms with Gasteiger partial charge in [0.2, 0.25) is 0 Å². The molecule has 3 aromatic heterocycles. The second kappa shape index (κ2) is 40.7. The molecule has 102 heavy (non-hydrogen) atoms. The van der Waals surface area contributed by atoms with Gasteiger partial charge in [-0.05, 0) is 174 Å². The van der Waals surface area contributed by atoms with Crippen molar-refractivity contribution < 1.29 is 59.1 Å². The van der Waals surface area contributed by atoms with Gasteiger partial charge in [-0.2, -0.15) is 0 Å². The minimum atomic E-state index is -0.785. The van der Waals surface area contributed by atoms with Gasteiger partial charge in [-0.25, -0.2) is 14.0 Å². The molecule has 27 heteroatoms. The van der Waals surface area contributed by atoms with E-state index in [1.165, 1.54) is 30.7 Å². The lowest BCUT2D eigenvalue weighted by atomic mass is 9.78. The summed E-state index contributed by atoms with van der Waals surface area (Å²) < 4.78 is 41.0. The maximum atomic E-state index is 10.3. The van der Waals surface area contributed by atoms with Crippen LogP contribution in [0.1, 0.15) is 113 Å². The number of alkyl halides is 3. The molecule has 552 valence electrons. The van der Waals surface area contributed by atoms with E-state index in [2.05, 4.69) is 130 Å². The molecule has 0 aliphatic rings. The molecule has 0 fully saturated rings. The fourth-order valence-corrected chi connectivity index (χ4v) is 12.2. The van der Waals surface area contributed by atoms with Gasteiger partial charge in [0.25, 0.3) is 0 Å². The molecule has 0 saturated heterocycles. The Morgan fingerprint density at radius 2 is 0.510 bits per heavy atom. The molecular weight excluding hydrogens is 1690 g/mol. The van der Waals surface area contributed by atoms with Gasteiger partial charge >= 0.3 is 0 Å². The number of benzene rings is 6. The molecule has 3 heterocycles. The van der Waals surface area contributed by atoms with Gasteiger partial charge in [0.05, 0.1) is 76.4 Å². The lowest BCUT2D eigenvalue weighted by Gasteiger charge is -2.26. The molecule has 0 aliphatic heterocycles. The molecule has 2 unspecified atom stereocenters. The van der Waals surface area contributed by atoms with Crippen molar-refractivity contribution >= 4 is 103 Å². The number of hydrogen-bond donors (Lipinski definition) is 6. The maximum Gasteiger partial charge on any atom is 0.149 e. The monoisotopic (exact) mass is 1790 g/mol. The molecule has 6 N–H and O–H groups in total. The van der Waals surface area contributed by atoms with E-state index in [9.17, 15) is 30.6 Å². The summed E-state index contributed by atoms with van der Waals surface area (Å²) in [6.45, 7) is 21.4. The zero-order valence-electron chi connectivity index (χ0n) is 58.9. The molecule has 6 aromatic carbocycles. The highest BCUT2D eigenvalue weighted by atomic mass is 123. The summed E-state index contributed by atoms with van der Waals surface area (Å²) in [5.74, 6) is 7.20. The van der Waals surface area contributed by atoms with Gasteiger partial charge < -0.3 is 59.1 Å². The topological polar surface area (TPSA) is 269 Å². The van der Waals surface area contributed by atoms with E-state index >= 15 is 0 Å². The third-order valence-corrected chi connectivity index (χ3v) is 21.2. The van der Waals surface area contributed by atoms with Gasteiger partial charge in [0.1, 0.15) is 83.7 Å². The van der Waals surface area contributed by atoms with Crippen LogP contribution in [0.25, 0.3) is 0 Å². The van der Waals surface area contributed by atoms with E-state index in [1.807, 2.05) is 177 Å². The van der Waals surface area contributed by atoms with E-state index in [0.717, 1.165) is 33.9 Å². The minimum Gasteiger partial charge on any atom is -0.493 e. The highest BCUT2D eigenvalue weighted by Gasteiger charge is 2.27. The van der Waals surface area contributed by atoms with Crippen LogP contribution < -0.4 is 28.4 Å². The Labute approximate surface area is 653 Å². The first kappa shape index (κ1) is 83.6. The number of halogens is 6. The highest BCUT2D eigenvalue weighted by molar-refractivity contribution is 14.1. The van der Waals surface area contributed by atoms with Crippen LogP contribution in [-0.2, 0) is 55.7 Å². The molecule has 0 bridgehead atoms. The van der Waals surface area contributed by atoms with Crippen LogP contribution in [0.15, 0.2) is 146 Å². The molecule has 0 saturated carbocycles. The van der Waals surface area contributed by atoms with E-state index in [4.69, 9.17) is 63.2 Å². The van der Waals surface area contributed by atoms with Crippen LogP contribution in [0.5, 0.6) is 34.5 Å². The predicted molar refractivity (Wildman–Crippen MR) is 422 cm³/mol. The zero-order chi connectivity index (χ0) is 74.2. The van der Waals surface area contributed by atoms with Gasteiger partial charge in [-0.15, -0.1) is 50.1 Å². The summed E-state index contributed by atoms with van der Waals surface area (Å²) in [5, 5.41) is 82.8. The molecule has 9 aromatic rings. The fraction of sp³-hybridized carbons (Fsp3) is 0.440. The Bertz CT molecular complexity index is 3530. The third-order valence-electron chi connectivity index (χ3n) is 17.1. The fourth-order valence-electron chi connectivity index (χ4n) is 10.3. The van der Waals surface area contributed by atoms with Crippen LogP contribution in [0, 0.1) is 28.9 Å². The minimum absolute atomic E-state index is 0.105. The van der Waals surface area contributed by atoms with Crippen LogP contribution in [0.4, 0.5) is 0 Å². The van der Waals surface area contributed by atoms with E-state index in [-0.39, 0.29) is 75.5 Å². The largest absolute Gasteiger partial charge is 0.493 e. The normalized spacial score (nSPS) is 13.5. The van der Waals surface area contributed by atoms with Crippen molar-refractivity contribution in [2.24, 2.45) is 17.8 Å². The Morgan fingerprint density at radius 1 is 0.333 bits per heavy atom. The molecule has 9 rings (SSSR count). The summed E-state index contributed by atoms with van der Waals surface area (Å²) in [4.78, 5) is 0. The lowest BCUT2D eigenvalue weighted by Crippen LogP contribution is -2.25. The van der Waals surface area contributed by atoms with E-state index < -0.39 is 18.3 Å². The van der Waals surface area contributed by atoms with Gasteiger partial charge in [-0.3, -0.25) is 0 Å². The Morgan fingerprint density at radius 3 is 0.676 bits per heavy atom. The standard InChI is InChI=1S/3C25H31ClIN3O4/c3*1-17(12-26)15-33-21-8-4-18(5-9-21)25(2,3)19-6-10-22(11-7-19)34-16-20(32)13-30-23(14-31)24(27)28-29-30/h3*4-11,17,20,31-32H,12-16H2,1-3H3/t2*17-,20-;/m10./s1/i3*27-4. The number of nitrogens with zero attached hydrogens (tertiary/aromatic N) is 9. The zero-order valence-corrected chi connectivity index (χ0v) is 67.6. The van der Waals surface area contributed by atoms with Crippen LogP contribution in [0.3, 0.4) is 0 Å². The van der Waals surface area contributed by atoms with Crippen molar-refractivity contribution in [1.29, 1.82) is 0 Å². The van der Waals surface area contributed by atoms with Gasteiger partial charge in [0.15, 0.2) is 0 Å². The quantitative estimate of drug-likeness (QED) is 0.0157. The molecule has 0 amide bonds. The summed E-state index contributed by atoms with van der Waals surface area (Å²) in [6.07, 6.45) is -2.36. The third kappa shape index (κ3) is 24.5. The number of aliphatic hydroxyl groups excluding tert-OH is 6. The molecular formula is C75H93Cl3I3N9O12. The summed E-state index contributed by atoms with van der Waals surface area (Å²) >= 11 is 23.5. The van der Waals surface area contributed by atoms with Crippen molar-refractivity contribution in [2.75, 3.05) is 57.3 Å². The number of rotatable bonds is 36. The van der Waals surface area contributed by atoms with Crippen molar-refractivity contribution in [2.45, 2.75) is 136 Å². The molecule has 0 radical (unpaired) electrons. The predicted octanol–water partition coefficient (Wildman–Crippen LogP) is 13.2. The van der Waals surface area contributed by atoms with Crippen LogP contribution in [-0.4, -0.2) is 151 Å². The number of ether oxygens (including phenoxy) is 6. The van der Waals surface area contributed by atoms with Crippen molar-refractivity contribution in [1.82, 2.24) is 45.0 Å². The summed E-state index contributed by atoms with van der Waals surface area (Å²) in [6, 6.07) is 48.2. The number of aliphatic hydroxyl groups is 6. The molecule has 0 aliphatic carbocycles. The van der Waals surface area contributed by atoms with Gasteiger partial charge in [-0.1, -0.05) is 151 Å². The molecule has 6 atom stereocenters. The van der Waals surface area contributed by atoms with Crippen LogP contribution in [0.2, 0.25) is 0 Å². The van der Waals surface area contributed by atoms with Crippen molar-refractivity contribution in [3.63, 3.8) is 0 Å². The average Bonchev–Trinajstić information content (AvgIpc) is 1.17. The van der Waals surface area contributed by atoms with Crippen molar-refractivity contribution in [3.8, 4) is 34.5 Å². The number of hydrogen-bond acceptors (Lipinski definition) is 18. The highest BCUT2D eigenvalue weighted by Crippen LogP contribution is 2.37. The molecule has 21 nitrogen and oxygen atoms in total.